The molecule has 4 N–H and O–H groups in total. The molecule has 0 fully saturated rings. The van der Waals surface area contributed by atoms with Crippen molar-refractivity contribution >= 4 is 33.4 Å². The molecule has 1 aromatic carbocycles. The molecule has 0 radical (unpaired) electrons. The first-order valence-corrected chi connectivity index (χ1v) is 6.77. The first-order valence-electron chi connectivity index (χ1n) is 5.98. The standard InChI is InChI=1S/C13H18BrN3O2/c1-8(2)12(13(15)19)16-7-11(18)17-10-5-3-4-9(14)6-10/h3-6,8,12,16H,7H2,1-2H3,(H2,15,19)(H,17,18). The molecule has 0 bridgehead atoms. The summed E-state index contributed by atoms with van der Waals surface area (Å²) >= 11 is 3.32. The smallest absolute Gasteiger partial charge is 0.238 e. The normalized spacial score (nSPS) is 12.2. The molecule has 1 aromatic rings. The minimum atomic E-state index is -0.506. The third kappa shape index (κ3) is 5.40. The van der Waals surface area contributed by atoms with Crippen molar-refractivity contribution in [1.82, 2.24) is 5.32 Å². The average molecular weight is 328 g/mol. The Morgan fingerprint density at radius 1 is 1.37 bits per heavy atom. The van der Waals surface area contributed by atoms with Crippen LogP contribution in [0.1, 0.15) is 13.8 Å². The number of primary amides is 1. The van der Waals surface area contributed by atoms with Gasteiger partial charge in [-0.3, -0.25) is 14.9 Å². The van der Waals surface area contributed by atoms with Gasteiger partial charge in [-0.25, -0.2) is 0 Å². The summed E-state index contributed by atoms with van der Waals surface area (Å²) in [6.07, 6.45) is 0. The number of halogens is 1. The molecule has 0 saturated carbocycles. The second-order valence-corrected chi connectivity index (χ2v) is 5.48. The molecule has 0 aliphatic carbocycles. The fraction of sp³-hybridized carbons (Fsp3) is 0.385. The lowest BCUT2D eigenvalue weighted by Crippen LogP contribution is -2.47. The zero-order chi connectivity index (χ0) is 14.4. The van der Waals surface area contributed by atoms with Crippen LogP contribution < -0.4 is 16.4 Å². The lowest BCUT2D eigenvalue weighted by Gasteiger charge is -2.18. The van der Waals surface area contributed by atoms with Gasteiger partial charge in [0.2, 0.25) is 11.8 Å². The third-order valence-corrected chi connectivity index (χ3v) is 3.06. The number of hydrogen-bond donors (Lipinski definition) is 3. The molecule has 2 amide bonds. The Labute approximate surface area is 121 Å². The summed E-state index contributed by atoms with van der Waals surface area (Å²) in [6.45, 7) is 3.78. The summed E-state index contributed by atoms with van der Waals surface area (Å²) in [5.41, 5.74) is 5.95. The topological polar surface area (TPSA) is 84.2 Å². The Balaban J connectivity index is 2.50. The van der Waals surface area contributed by atoms with Gasteiger partial charge < -0.3 is 11.1 Å². The summed E-state index contributed by atoms with van der Waals surface area (Å²) in [4.78, 5) is 22.9. The number of anilines is 1. The van der Waals surface area contributed by atoms with Crippen LogP contribution in [0.5, 0.6) is 0 Å². The van der Waals surface area contributed by atoms with Gasteiger partial charge in [0.1, 0.15) is 0 Å². The molecule has 0 spiro atoms. The van der Waals surface area contributed by atoms with E-state index in [0.717, 1.165) is 4.47 Å². The Bertz CT molecular complexity index is 463. The average Bonchev–Trinajstić information content (AvgIpc) is 2.27. The van der Waals surface area contributed by atoms with Crippen molar-refractivity contribution in [1.29, 1.82) is 0 Å². The lowest BCUT2D eigenvalue weighted by molar-refractivity contribution is -0.121. The molecule has 0 saturated heterocycles. The van der Waals surface area contributed by atoms with E-state index in [0.29, 0.717) is 5.69 Å². The number of hydrogen-bond acceptors (Lipinski definition) is 3. The van der Waals surface area contributed by atoms with E-state index in [1.54, 1.807) is 12.1 Å². The highest BCUT2D eigenvalue weighted by atomic mass is 79.9. The van der Waals surface area contributed by atoms with Crippen molar-refractivity contribution in [2.24, 2.45) is 11.7 Å². The van der Waals surface area contributed by atoms with E-state index in [4.69, 9.17) is 5.73 Å². The third-order valence-electron chi connectivity index (χ3n) is 2.56. The maximum Gasteiger partial charge on any atom is 0.238 e. The van der Waals surface area contributed by atoms with E-state index < -0.39 is 11.9 Å². The zero-order valence-corrected chi connectivity index (χ0v) is 12.5. The molecular weight excluding hydrogens is 310 g/mol. The van der Waals surface area contributed by atoms with Crippen LogP contribution in [0.3, 0.4) is 0 Å². The minimum Gasteiger partial charge on any atom is -0.368 e. The van der Waals surface area contributed by atoms with Crippen LogP contribution in [-0.4, -0.2) is 24.4 Å². The SMILES string of the molecule is CC(C)C(NCC(=O)Nc1cccc(Br)c1)C(N)=O. The van der Waals surface area contributed by atoms with Crippen molar-refractivity contribution in [2.75, 3.05) is 11.9 Å². The summed E-state index contributed by atoms with van der Waals surface area (Å²) in [5.74, 6) is -0.633. The van der Waals surface area contributed by atoms with Crippen LogP contribution >= 0.6 is 15.9 Å². The quantitative estimate of drug-likeness (QED) is 0.740. The fourth-order valence-corrected chi connectivity index (χ4v) is 2.04. The van der Waals surface area contributed by atoms with E-state index >= 15 is 0 Å². The molecule has 1 atom stereocenters. The van der Waals surface area contributed by atoms with Gasteiger partial charge in [0, 0.05) is 10.2 Å². The maximum atomic E-state index is 11.7. The molecule has 1 unspecified atom stereocenters. The van der Waals surface area contributed by atoms with Crippen LogP contribution in [0.4, 0.5) is 5.69 Å². The van der Waals surface area contributed by atoms with E-state index in [-0.39, 0.29) is 18.4 Å². The second-order valence-electron chi connectivity index (χ2n) is 4.56. The number of nitrogens with two attached hydrogens (primary N) is 1. The van der Waals surface area contributed by atoms with Crippen molar-refractivity contribution < 1.29 is 9.59 Å². The Kier molecular flexibility index (Phi) is 5.98. The zero-order valence-electron chi connectivity index (χ0n) is 10.9. The summed E-state index contributed by atoms with van der Waals surface area (Å²) in [6, 6.07) is 6.78. The predicted octanol–water partition coefficient (Wildman–Crippen LogP) is 1.49. The van der Waals surface area contributed by atoms with Crippen LogP contribution in [0, 0.1) is 5.92 Å². The minimum absolute atomic E-state index is 0.0381. The van der Waals surface area contributed by atoms with Gasteiger partial charge in [0.05, 0.1) is 12.6 Å². The van der Waals surface area contributed by atoms with Gasteiger partial charge in [-0.2, -0.15) is 0 Å². The largest absolute Gasteiger partial charge is 0.368 e. The van der Waals surface area contributed by atoms with Crippen LogP contribution in [0.2, 0.25) is 0 Å². The Morgan fingerprint density at radius 3 is 2.58 bits per heavy atom. The number of carbonyl (C=O) groups is 2. The lowest BCUT2D eigenvalue weighted by atomic mass is 10.0. The molecule has 0 aliphatic rings. The van der Waals surface area contributed by atoms with Gasteiger partial charge in [0.15, 0.2) is 0 Å². The molecule has 104 valence electrons. The highest BCUT2D eigenvalue weighted by Crippen LogP contribution is 2.15. The predicted molar refractivity (Wildman–Crippen MR) is 78.6 cm³/mol. The molecule has 0 aliphatic heterocycles. The molecular formula is C13H18BrN3O2. The van der Waals surface area contributed by atoms with Crippen molar-refractivity contribution in [2.45, 2.75) is 19.9 Å². The van der Waals surface area contributed by atoms with E-state index in [2.05, 4.69) is 26.6 Å². The fourth-order valence-electron chi connectivity index (χ4n) is 1.64. The van der Waals surface area contributed by atoms with Gasteiger partial charge >= 0.3 is 0 Å². The van der Waals surface area contributed by atoms with Crippen LogP contribution in [0.25, 0.3) is 0 Å². The van der Waals surface area contributed by atoms with Gasteiger partial charge in [-0.15, -0.1) is 0 Å². The number of benzene rings is 1. The summed E-state index contributed by atoms with van der Waals surface area (Å²) in [5, 5.41) is 5.59. The number of amides is 2. The summed E-state index contributed by atoms with van der Waals surface area (Å²) < 4.78 is 0.885. The first-order chi connectivity index (χ1) is 8.90. The van der Waals surface area contributed by atoms with Gasteiger partial charge in [-0.05, 0) is 24.1 Å². The monoisotopic (exact) mass is 327 g/mol. The highest BCUT2D eigenvalue weighted by Gasteiger charge is 2.19. The van der Waals surface area contributed by atoms with Crippen molar-refractivity contribution in [3.8, 4) is 0 Å². The van der Waals surface area contributed by atoms with E-state index in [1.165, 1.54) is 0 Å². The van der Waals surface area contributed by atoms with Gasteiger partial charge in [0.25, 0.3) is 0 Å². The van der Waals surface area contributed by atoms with E-state index in [9.17, 15) is 9.59 Å². The maximum absolute atomic E-state index is 11.7. The Hall–Kier alpha value is -1.40. The molecule has 0 heterocycles. The van der Waals surface area contributed by atoms with Crippen molar-refractivity contribution in [3.05, 3.63) is 28.7 Å². The van der Waals surface area contributed by atoms with Gasteiger partial charge in [-0.1, -0.05) is 35.8 Å². The van der Waals surface area contributed by atoms with Crippen LogP contribution in [-0.2, 0) is 9.59 Å². The summed E-state index contributed by atoms with van der Waals surface area (Å²) in [7, 11) is 0. The number of rotatable bonds is 6. The first kappa shape index (κ1) is 15.7. The second kappa shape index (κ2) is 7.25. The van der Waals surface area contributed by atoms with Crippen molar-refractivity contribution in [3.63, 3.8) is 0 Å². The molecule has 6 heteroatoms. The van der Waals surface area contributed by atoms with E-state index in [1.807, 2.05) is 26.0 Å². The van der Waals surface area contributed by atoms with Crippen LogP contribution in [0.15, 0.2) is 28.7 Å². The number of carbonyl (C=O) groups excluding carboxylic acids is 2. The highest BCUT2D eigenvalue weighted by molar-refractivity contribution is 9.10. The Morgan fingerprint density at radius 2 is 2.05 bits per heavy atom. The molecule has 19 heavy (non-hydrogen) atoms. The molecule has 1 rings (SSSR count). The number of nitrogens with one attached hydrogen (secondary N) is 2. The molecule has 0 aromatic heterocycles. The molecule has 5 nitrogen and oxygen atoms in total.